The standard InChI is InChI=1S/C15H18N2O2/c1-10(18)12-13(15(2,3)4)16-17(14(12)19)11-8-6-5-7-9-11/h5-9,19H,1-4H3. The van der Waals surface area contributed by atoms with Gasteiger partial charge < -0.3 is 5.11 Å². The van der Waals surface area contributed by atoms with E-state index in [4.69, 9.17) is 0 Å². The Balaban J connectivity index is 2.70. The lowest BCUT2D eigenvalue weighted by Crippen LogP contribution is -2.16. The Labute approximate surface area is 112 Å². The van der Waals surface area contributed by atoms with Gasteiger partial charge in [0.1, 0.15) is 5.56 Å². The Morgan fingerprint density at radius 1 is 1.21 bits per heavy atom. The van der Waals surface area contributed by atoms with E-state index in [-0.39, 0.29) is 17.1 Å². The molecule has 2 aromatic rings. The van der Waals surface area contributed by atoms with E-state index in [1.807, 2.05) is 51.1 Å². The number of aromatic nitrogens is 2. The van der Waals surface area contributed by atoms with Crippen LogP contribution in [0.15, 0.2) is 30.3 Å². The largest absolute Gasteiger partial charge is 0.493 e. The van der Waals surface area contributed by atoms with Gasteiger partial charge in [-0.2, -0.15) is 5.10 Å². The number of hydrogen-bond donors (Lipinski definition) is 1. The summed E-state index contributed by atoms with van der Waals surface area (Å²) in [5, 5.41) is 14.7. The molecule has 2 rings (SSSR count). The second-order valence-electron chi connectivity index (χ2n) is 5.60. The Bertz CT molecular complexity index is 607. The van der Waals surface area contributed by atoms with Gasteiger partial charge in [-0.25, -0.2) is 4.68 Å². The smallest absolute Gasteiger partial charge is 0.225 e. The molecule has 19 heavy (non-hydrogen) atoms. The van der Waals surface area contributed by atoms with Crippen molar-refractivity contribution in [1.82, 2.24) is 9.78 Å². The van der Waals surface area contributed by atoms with Crippen molar-refractivity contribution < 1.29 is 9.90 Å². The molecule has 100 valence electrons. The van der Waals surface area contributed by atoms with E-state index < -0.39 is 0 Å². The second kappa shape index (κ2) is 4.53. The molecule has 0 fully saturated rings. The normalized spacial score (nSPS) is 11.6. The van der Waals surface area contributed by atoms with E-state index in [9.17, 15) is 9.90 Å². The van der Waals surface area contributed by atoms with Crippen LogP contribution in [-0.2, 0) is 5.41 Å². The van der Waals surface area contributed by atoms with E-state index in [0.29, 0.717) is 11.3 Å². The highest BCUT2D eigenvalue weighted by molar-refractivity contribution is 5.98. The third-order valence-electron chi connectivity index (χ3n) is 2.92. The minimum Gasteiger partial charge on any atom is -0.493 e. The predicted molar refractivity (Wildman–Crippen MR) is 73.9 cm³/mol. The maximum atomic E-state index is 11.8. The molecule has 4 heteroatoms. The number of carbonyl (C=O) groups excluding carboxylic acids is 1. The molecule has 0 atom stereocenters. The van der Waals surface area contributed by atoms with Crippen LogP contribution in [0.1, 0.15) is 43.7 Å². The highest BCUT2D eigenvalue weighted by Crippen LogP contribution is 2.32. The fourth-order valence-electron chi connectivity index (χ4n) is 2.01. The Morgan fingerprint density at radius 3 is 2.21 bits per heavy atom. The molecule has 0 unspecified atom stereocenters. The van der Waals surface area contributed by atoms with Gasteiger partial charge in [0.05, 0.1) is 11.4 Å². The van der Waals surface area contributed by atoms with Gasteiger partial charge >= 0.3 is 0 Å². The lowest BCUT2D eigenvalue weighted by atomic mass is 9.88. The van der Waals surface area contributed by atoms with Crippen molar-refractivity contribution in [2.24, 2.45) is 0 Å². The van der Waals surface area contributed by atoms with Crippen molar-refractivity contribution >= 4 is 5.78 Å². The summed E-state index contributed by atoms with van der Waals surface area (Å²) in [5.41, 5.74) is 1.34. The van der Waals surface area contributed by atoms with Crippen LogP contribution in [0, 0.1) is 0 Å². The zero-order valence-electron chi connectivity index (χ0n) is 11.6. The van der Waals surface area contributed by atoms with Gasteiger partial charge in [-0.3, -0.25) is 4.79 Å². The van der Waals surface area contributed by atoms with Gasteiger partial charge in [-0.15, -0.1) is 0 Å². The van der Waals surface area contributed by atoms with Gasteiger partial charge in [0.2, 0.25) is 5.88 Å². The predicted octanol–water partition coefficient (Wildman–Crippen LogP) is 3.08. The Morgan fingerprint density at radius 2 is 1.79 bits per heavy atom. The summed E-state index contributed by atoms with van der Waals surface area (Å²) in [7, 11) is 0. The average molecular weight is 258 g/mol. The molecule has 1 N–H and O–H groups in total. The van der Waals surface area contributed by atoms with Crippen LogP contribution < -0.4 is 0 Å². The van der Waals surface area contributed by atoms with Crippen LogP contribution in [0.4, 0.5) is 0 Å². The summed E-state index contributed by atoms with van der Waals surface area (Å²) in [6.45, 7) is 7.35. The lowest BCUT2D eigenvalue weighted by Gasteiger charge is -2.16. The van der Waals surface area contributed by atoms with Gasteiger partial charge in [0.25, 0.3) is 0 Å². The van der Waals surface area contributed by atoms with Gasteiger partial charge in [-0.05, 0) is 19.1 Å². The van der Waals surface area contributed by atoms with Crippen LogP contribution in [0.5, 0.6) is 5.88 Å². The zero-order chi connectivity index (χ0) is 14.2. The van der Waals surface area contributed by atoms with Crippen molar-refractivity contribution in [3.05, 3.63) is 41.6 Å². The molecule has 1 aromatic heterocycles. The number of para-hydroxylation sites is 1. The third kappa shape index (κ3) is 2.38. The maximum absolute atomic E-state index is 11.8. The van der Waals surface area contributed by atoms with Crippen molar-refractivity contribution in [2.75, 3.05) is 0 Å². The van der Waals surface area contributed by atoms with Gasteiger partial charge in [0.15, 0.2) is 5.78 Å². The topological polar surface area (TPSA) is 55.1 Å². The monoisotopic (exact) mass is 258 g/mol. The molecule has 0 amide bonds. The molecule has 0 aliphatic heterocycles. The SMILES string of the molecule is CC(=O)c1c(C(C)(C)C)nn(-c2ccccc2)c1O. The van der Waals surface area contributed by atoms with Crippen molar-refractivity contribution in [2.45, 2.75) is 33.1 Å². The highest BCUT2D eigenvalue weighted by Gasteiger charge is 2.29. The van der Waals surface area contributed by atoms with Crippen LogP contribution in [0.25, 0.3) is 5.69 Å². The summed E-state index contributed by atoms with van der Waals surface area (Å²) in [5.74, 6) is -0.270. The number of ketones is 1. The fourth-order valence-corrected chi connectivity index (χ4v) is 2.01. The van der Waals surface area contributed by atoms with Crippen LogP contribution >= 0.6 is 0 Å². The molecule has 4 nitrogen and oxygen atoms in total. The minimum absolute atomic E-state index is 0.0939. The lowest BCUT2D eigenvalue weighted by molar-refractivity contribution is 0.101. The van der Waals surface area contributed by atoms with Crippen molar-refractivity contribution in [3.8, 4) is 11.6 Å². The van der Waals surface area contributed by atoms with E-state index >= 15 is 0 Å². The average Bonchev–Trinajstić information content (AvgIpc) is 2.68. The van der Waals surface area contributed by atoms with E-state index in [1.54, 1.807) is 0 Å². The number of aromatic hydroxyl groups is 1. The summed E-state index contributed by atoms with van der Waals surface area (Å²) >= 11 is 0. The summed E-state index contributed by atoms with van der Waals surface area (Å²) < 4.78 is 1.41. The summed E-state index contributed by atoms with van der Waals surface area (Å²) in [4.78, 5) is 11.8. The number of carbonyl (C=O) groups is 1. The van der Waals surface area contributed by atoms with Crippen LogP contribution in [0.2, 0.25) is 0 Å². The quantitative estimate of drug-likeness (QED) is 0.842. The molecule has 0 aliphatic carbocycles. The number of Topliss-reactive ketones (excluding diaryl/α,β-unsaturated/α-hetero) is 1. The molecule has 0 saturated carbocycles. The second-order valence-corrected chi connectivity index (χ2v) is 5.60. The minimum atomic E-state index is -0.307. The molecular formula is C15H18N2O2. The Kier molecular flexibility index (Phi) is 3.18. The first kappa shape index (κ1) is 13.3. The molecule has 0 saturated heterocycles. The number of nitrogens with zero attached hydrogens (tertiary/aromatic N) is 2. The molecule has 0 radical (unpaired) electrons. The van der Waals surface area contributed by atoms with Gasteiger partial charge in [0, 0.05) is 5.41 Å². The molecule has 0 aliphatic rings. The van der Waals surface area contributed by atoms with Crippen LogP contribution in [-0.4, -0.2) is 20.7 Å². The number of hydrogen-bond acceptors (Lipinski definition) is 3. The van der Waals surface area contributed by atoms with E-state index in [0.717, 1.165) is 5.69 Å². The van der Waals surface area contributed by atoms with E-state index in [1.165, 1.54) is 11.6 Å². The highest BCUT2D eigenvalue weighted by atomic mass is 16.3. The first-order chi connectivity index (χ1) is 8.82. The van der Waals surface area contributed by atoms with Gasteiger partial charge in [-0.1, -0.05) is 39.0 Å². The first-order valence-corrected chi connectivity index (χ1v) is 6.21. The first-order valence-electron chi connectivity index (χ1n) is 6.21. The molecule has 1 aromatic carbocycles. The zero-order valence-corrected chi connectivity index (χ0v) is 11.6. The van der Waals surface area contributed by atoms with Crippen molar-refractivity contribution in [1.29, 1.82) is 0 Å². The number of rotatable bonds is 2. The molecule has 0 bridgehead atoms. The molecule has 1 heterocycles. The molecule has 0 spiro atoms. The summed E-state index contributed by atoms with van der Waals surface area (Å²) in [6, 6.07) is 9.29. The van der Waals surface area contributed by atoms with E-state index in [2.05, 4.69) is 5.10 Å². The van der Waals surface area contributed by atoms with Crippen molar-refractivity contribution in [3.63, 3.8) is 0 Å². The Hall–Kier alpha value is -2.10. The molecular weight excluding hydrogens is 240 g/mol. The number of benzene rings is 1. The van der Waals surface area contributed by atoms with Crippen LogP contribution in [0.3, 0.4) is 0 Å². The fraction of sp³-hybridized carbons (Fsp3) is 0.333. The third-order valence-corrected chi connectivity index (χ3v) is 2.92. The summed E-state index contributed by atoms with van der Waals surface area (Å²) in [6.07, 6.45) is 0. The maximum Gasteiger partial charge on any atom is 0.225 e.